The fourth-order valence-corrected chi connectivity index (χ4v) is 3.60. The number of nitrogens with zero attached hydrogens (tertiary/aromatic N) is 1. The fraction of sp³-hybridized carbons (Fsp3) is 0.0833. The summed E-state index contributed by atoms with van der Waals surface area (Å²) in [5, 5.41) is 17.4. The van der Waals surface area contributed by atoms with Gasteiger partial charge in [0.25, 0.3) is 5.69 Å². The second-order valence-corrected chi connectivity index (χ2v) is 7.77. The monoisotopic (exact) mass is 452 g/mol. The van der Waals surface area contributed by atoms with Crippen LogP contribution in [0, 0.1) is 10.1 Å². The minimum absolute atomic E-state index is 0.0565. The number of benzene rings is 4. The smallest absolute Gasteiger partial charge is 0.269 e. The van der Waals surface area contributed by atoms with Gasteiger partial charge in [0.1, 0.15) is 12.4 Å². The number of rotatable bonds is 7. The van der Waals surface area contributed by atoms with Crippen molar-refractivity contribution in [2.45, 2.75) is 13.2 Å². The summed E-state index contributed by atoms with van der Waals surface area (Å²) in [6.07, 6.45) is 0. The van der Waals surface area contributed by atoms with Crippen molar-refractivity contribution < 1.29 is 9.66 Å². The second kappa shape index (κ2) is 9.25. The van der Waals surface area contributed by atoms with Gasteiger partial charge in [-0.1, -0.05) is 53.5 Å². The van der Waals surface area contributed by atoms with Crippen LogP contribution in [0.5, 0.6) is 5.75 Å². The first-order valence-electron chi connectivity index (χ1n) is 9.57. The van der Waals surface area contributed by atoms with Crippen LogP contribution in [0.3, 0.4) is 0 Å². The van der Waals surface area contributed by atoms with Crippen LogP contribution in [0.2, 0.25) is 10.0 Å². The molecular weight excluding hydrogens is 435 g/mol. The van der Waals surface area contributed by atoms with Crippen LogP contribution in [0.1, 0.15) is 11.1 Å². The number of non-ortho nitro benzene ring substituents is 1. The quantitative estimate of drug-likeness (QED) is 0.237. The predicted molar refractivity (Wildman–Crippen MR) is 125 cm³/mol. The molecule has 0 aliphatic rings. The molecular formula is C24H18Cl2N2O3. The highest BCUT2D eigenvalue weighted by Crippen LogP contribution is 2.31. The molecule has 0 aromatic heterocycles. The number of hydrogen-bond acceptors (Lipinski definition) is 4. The van der Waals surface area contributed by atoms with Gasteiger partial charge in [0, 0.05) is 29.9 Å². The highest BCUT2D eigenvalue weighted by Gasteiger charge is 2.11. The van der Waals surface area contributed by atoms with Crippen LogP contribution >= 0.6 is 23.2 Å². The van der Waals surface area contributed by atoms with Gasteiger partial charge < -0.3 is 10.1 Å². The molecule has 0 aliphatic heterocycles. The van der Waals surface area contributed by atoms with Gasteiger partial charge in [-0.3, -0.25) is 10.1 Å². The molecule has 4 rings (SSSR count). The molecule has 0 atom stereocenters. The number of ether oxygens (including phenoxy) is 1. The molecule has 1 N–H and O–H groups in total. The van der Waals surface area contributed by atoms with E-state index in [0.717, 1.165) is 33.3 Å². The van der Waals surface area contributed by atoms with Gasteiger partial charge >= 0.3 is 0 Å². The summed E-state index contributed by atoms with van der Waals surface area (Å²) < 4.78 is 6.11. The Hall–Kier alpha value is -3.28. The molecule has 0 bridgehead atoms. The Bertz CT molecular complexity index is 1240. The summed E-state index contributed by atoms with van der Waals surface area (Å²) in [6.45, 7) is 0.824. The summed E-state index contributed by atoms with van der Waals surface area (Å²) in [5.41, 5.74) is 2.76. The molecule has 0 aliphatic carbocycles. The normalized spacial score (nSPS) is 10.8. The van der Waals surface area contributed by atoms with Crippen molar-refractivity contribution >= 4 is 45.3 Å². The van der Waals surface area contributed by atoms with Gasteiger partial charge in [-0.25, -0.2) is 0 Å². The third-order valence-corrected chi connectivity index (χ3v) is 5.67. The number of halogens is 2. The van der Waals surface area contributed by atoms with Crippen molar-refractivity contribution in [2.75, 3.05) is 5.32 Å². The van der Waals surface area contributed by atoms with E-state index in [-0.39, 0.29) is 5.69 Å². The lowest BCUT2D eigenvalue weighted by molar-refractivity contribution is -0.384. The summed E-state index contributed by atoms with van der Waals surface area (Å²) in [6, 6.07) is 23.8. The Balaban J connectivity index is 1.58. The van der Waals surface area contributed by atoms with Gasteiger partial charge in [-0.05, 0) is 52.7 Å². The summed E-state index contributed by atoms with van der Waals surface area (Å²) in [7, 11) is 0. The molecule has 0 heterocycles. The van der Waals surface area contributed by atoms with Crippen molar-refractivity contribution in [1.29, 1.82) is 0 Å². The maximum atomic E-state index is 10.8. The first kappa shape index (κ1) is 21.0. The highest BCUT2D eigenvalue weighted by molar-refractivity contribution is 6.42. The van der Waals surface area contributed by atoms with Crippen LogP contribution in [0.25, 0.3) is 10.8 Å². The van der Waals surface area contributed by atoms with Crippen molar-refractivity contribution in [3.05, 3.63) is 110 Å². The lowest BCUT2D eigenvalue weighted by Crippen LogP contribution is -2.05. The Morgan fingerprint density at radius 2 is 1.68 bits per heavy atom. The molecule has 7 heteroatoms. The molecule has 0 unspecified atom stereocenters. The molecule has 0 saturated carbocycles. The topological polar surface area (TPSA) is 64.4 Å². The van der Waals surface area contributed by atoms with Gasteiger partial charge in [0.2, 0.25) is 0 Å². The number of nitrogens with one attached hydrogen (secondary N) is 1. The zero-order chi connectivity index (χ0) is 21.8. The molecule has 0 spiro atoms. The van der Waals surface area contributed by atoms with Crippen molar-refractivity contribution in [1.82, 2.24) is 0 Å². The van der Waals surface area contributed by atoms with E-state index in [1.54, 1.807) is 24.3 Å². The SMILES string of the molecule is O=[N+]([O-])c1ccc(COc2ccc3ccccc3c2CNc2ccc(Cl)c(Cl)c2)cc1. The number of hydrogen-bond donors (Lipinski definition) is 1. The first-order chi connectivity index (χ1) is 15.0. The van der Waals surface area contributed by atoms with E-state index in [0.29, 0.717) is 23.2 Å². The maximum absolute atomic E-state index is 10.8. The van der Waals surface area contributed by atoms with E-state index in [1.165, 1.54) is 12.1 Å². The number of fused-ring (bicyclic) bond motifs is 1. The zero-order valence-corrected chi connectivity index (χ0v) is 17.9. The number of nitro benzene ring substituents is 1. The van der Waals surface area contributed by atoms with Gasteiger partial charge in [-0.15, -0.1) is 0 Å². The lowest BCUT2D eigenvalue weighted by atomic mass is 10.0. The molecule has 0 saturated heterocycles. The molecule has 156 valence electrons. The molecule has 31 heavy (non-hydrogen) atoms. The fourth-order valence-electron chi connectivity index (χ4n) is 3.31. The van der Waals surface area contributed by atoms with E-state index in [1.807, 2.05) is 30.3 Å². The lowest BCUT2D eigenvalue weighted by Gasteiger charge is -2.16. The minimum atomic E-state index is -0.416. The van der Waals surface area contributed by atoms with E-state index < -0.39 is 4.92 Å². The van der Waals surface area contributed by atoms with E-state index >= 15 is 0 Å². The predicted octanol–water partition coefficient (Wildman–Crippen LogP) is 7.25. The van der Waals surface area contributed by atoms with Crippen LogP contribution in [0.15, 0.2) is 78.9 Å². The average molecular weight is 453 g/mol. The Morgan fingerprint density at radius 1 is 0.903 bits per heavy atom. The zero-order valence-electron chi connectivity index (χ0n) is 16.3. The number of anilines is 1. The van der Waals surface area contributed by atoms with Gasteiger partial charge in [0.05, 0.1) is 15.0 Å². The van der Waals surface area contributed by atoms with Crippen molar-refractivity contribution in [2.24, 2.45) is 0 Å². The summed E-state index contributed by atoms with van der Waals surface area (Å²) >= 11 is 12.1. The second-order valence-electron chi connectivity index (χ2n) is 6.96. The van der Waals surface area contributed by atoms with Crippen molar-refractivity contribution in [3.63, 3.8) is 0 Å². The number of nitro groups is 1. The Kier molecular flexibility index (Phi) is 6.26. The molecule has 0 amide bonds. The summed E-state index contributed by atoms with van der Waals surface area (Å²) in [5.74, 6) is 0.740. The molecule has 0 radical (unpaired) electrons. The molecule has 4 aromatic carbocycles. The largest absolute Gasteiger partial charge is 0.489 e. The van der Waals surface area contributed by atoms with Gasteiger partial charge in [0.15, 0.2) is 0 Å². The minimum Gasteiger partial charge on any atom is -0.489 e. The first-order valence-corrected chi connectivity index (χ1v) is 10.3. The average Bonchev–Trinajstić information content (AvgIpc) is 2.79. The molecule has 0 fully saturated rings. The van der Waals surface area contributed by atoms with Crippen LogP contribution in [0.4, 0.5) is 11.4 Å². The summed E-state index contributed by atoms with van der Waals surface area (Å²) in [4.78, 5) is 10.4. The van der Waals surface area contributed by atoms with Crippen molar-refractivity contribution in [3.8, 4) is 5.75 Å². The molecule has 4 aromatic rings. The van der Waals surface area contributed by atoms with Crippen LogP contribution < -0.4 is 10.1 Å². The third kappa shape index (κ3) is 4.90. The standard InChI is InChI=1S/C24H18Cl2N2O3/c25-22-11-8-18(13-23(22)26)27-14-21-20-4-2-1-3-17(20)7-12-24(21)31-15-16-5-9-19(10-6-16)28(29)30/h1-13,27H,14-15H2. The van der Waals surface area contributed by atoms with E-state index in [4.69, 9.17) is 27.9 Å². The third-order valence-electron chi connectivity index (χ3n) is 4.93. The Morgan fingerprint density at radius 3 is 2.42 bits per heavy atom. The maximum Gasteiger partial charge on any atom is 0.269 e. The van der Waals surface area contributed by atoms with Crippen LogP contribution in [-0.4, -0.2) is 4.92 Å². The Labute approximate surface area is 189 Å². The molecule has 5 nitrogen and oxygen atoms in total. The van der Waals surface area contributed by atoms with E-state index in [2.05, 4.69) is 17.4 Å². The van der Waals surface area contributed by atoms with Crippen LogP contribution in [-0.2, 0) is 13.2 Å². The van der Waals surface area contributed by atoms with Gasteiger partial charge in [-0.2, -0.15) is 0 Å². The van der Waals surface area contributed by atoms with E-state index in [9.17, 15) is 10.1 Å². The highest BCUT2D eigenvalue weighted by atomic mass is 35.5.